The van der Waals surface area contributed by atoms with Crippen molar-refractivity contribution in [3.8, 4) is 0 Å². The lowest BCUT2D eigenvalue weighted by molar-refractivity contribution is -0.137. The van der Waals surface area contributed by atoms with Gasteiger partial charge in [0, 0.05) is 20.3 Å². The number of carbonyl (C=O) groups is 1. The lowest BCUT2D eigenvalue weighted by Gasteiger charge is -2.22. The van der Waals surface area contributed by atoms with Gasteiger partial charge in [0.15, 0.2) is 0 Å². The highest BCUT2D eigenvalue weighted by Gasteiger charge is 2.27. The quantitative estimate of drug-likeness (QED) is 0.171. The maximum absolute atomic E-state index is 10.8. The van der Waals surface area contributed by atoms with Gasteiger partial charge in [0.1, 0.15) is 0 Å². The molecule has 0 aliphatic rings. The second-order valence-corrected chi connectivity index (χ2v) is 9.78. The van der Waals surface area contributed by atoms with Gasteiger partial charge in [0.2, 0.25) is 0 Å². The van der Waals surface area contributed by atoms with Crippen LogP contribution in [0.4, 0.5) is 0 Å². The van der Waals surface area contributed by atoms with Crippen molar-refractivity contribution in [3.05, 3.63) is 12.7 Å². The minimum absolute atomic E-state index is 0.316. The molecule has 0 aliphatic heterocycles. The maximum atomic E-state index is 10.8. The molecular formula is C18H36O4Si. The molecule has 0 radical (unpaired) electrons. The third-order valence-electron chi connectivity index (χ3n) is 4.30. The highest BCUT2D eigenvalue weighted by Crippen LogP contribution is 2.17. The molecule has 136 valence electrons. The fourth-order valence-electron chi connectivity index (χ4n) is 2.48. The summed E-state index contributed by atoms with van der Waals surface area (Å²) in [4.78, 5) is 10.8. The Bertz CT molecular complexity index is 303. The Morgan fingerprint density at radius 1 is 0.870 bits per heavy atom. The smallest absolute Gasteiger partial charge is 0.334 e. The van der Waals surface area contributed by atoms with Crippen LogP contribution in [0, 0.1) is 0 Å². The molecule has 0 heterocycles. The zero-order valence-electron chi connectivity index (χ0n) is 15.4. The lowest BCUT2D eigenvalue weighted by Crippen LogP contribution is -2.35. The molecule has 0 saturated heterocycles. The van der Waals surface area contributed by atoms with Gasteiger partial charge >= 0.3 is 14.5 Å². The predicted octanol–water partition coefficient (Wildman–Crippen LogP) is 4.98. The second-order valence-electron chi connectivity index (χ2n) is 6.20. The number of esters is 1. The average Bonchev–Trinajstić information content (AvgIpc) is 2.58. The Hall–Kier alpha value is -0.653. The molecule has 0 bridgehead atoms. The van der Waals surface area contributed by atoms with Crippen LogP contribution in [0.5, 0.6) is 0 Å². The first-order chi connectivity index (χ1) is 11.1. The third-order valence-corrected chi connectivity index (χ3v) is 7.29. The number of hydrogen-bond donors (Lipinski definition) is 0. The standard InChI is InChI=1S/C18H36O4Si/c1-5-18(19)22-16-14-12-10-8-6-7-9-11-13-15-17-23(4,20-2)21-3/h5H,1,6-17H2,2-4H3. The normalized spacial score (nSPS) is 11.4. The van der Waals surface area contributed by atoms with Crippen LogP contribution >= 0.6 is 0 Å². The molecule has 4 nitrogen and oxygen atoms in total. The van der Waals surface area contributed by atoms with E-state index in [0.29, 0.717) is 6.61 Å². The first-order valence-electron chi connectivity index (χ1n) is 8.97. The number of hydrogen-bond acceptors (Lipinski definition) is 4. The molecule has 0 unspecified atom stereocenters. The van der Waals surface area contributed by atoms with Gasteiger partial charge in [-0.15, -0.1) is 0 Å². The van der Waals surface area contributed by atoms with Crippen LogP contribution < -0.4 is 0 Å². The lowest BCUT2D eigenvalue weighted by atomic mass is 10.1. The highest BCUT2D eigenvalue weighted by atomic mass is 28.4. The first kappa shape index (κ1) is 22.3. The average molecular weight is 345 g/mol. The van der Waals surface area contributed by atoms with Crippen molar-refractivity contribution in [2.75, 3.05) is 20.8 Å². The van der Waals surface area contributed by atoms with Crippen LogP contribution in [0.15, 0.2) is 12.7 Å². The van der Waals surface area contributed by atoms with Gasteiger partial charge in [-0.3, -0.25) is 0 Å². The van der Waals surface area contributed by atoms with E-state index in [1.807, 2.05) is 0 Å². The second kappa shape index (κ2) is 14.9. The van der Waals surface area contributed by atoms with Crippen LogP contribution in [-0.4, -0.2) is 35.4 Å². The number of rotatable bonds is 16. The minimum Gasteiger partial charge on any atom is -0.463 e. The fourth-order valence-corrected chi connectivity index (χ4v) is 3.95. The van der Waals surface area contributed by atoms with E-state index in [2.05, 4.69) is 13.1 Å². The summed E-state index contributed by atoms with van der Waals surface area (Å²) in [6.07, 6.45) is 13.6. The van der Waals surface area contributed by atoms with Gasteiger partial charge in [-0.05, 0) is 19.0 Å². The first-order valence-corrected chi connectivity index (χ1v) is 11.5. The molecule has 0 aromatic heterocycles. The summed E-state index contributed by atoms with van der Waals surface area (Å²) in [5, 5.41) is 0. The summed E-state index contributed by atoms with van der Waals surface area (Å²) in [5.74, 6) is -0.316. The molecule has 0 fully saturated rings. The molecule has 23 heavy (non-hydrogen) atoms. The van der Waals surface area contributed by atoms with Crippen LogP contribution in [0.2, 0.25) is 12.6 Å². The van der Waals surface area contributed by atoms with Crippen molar-refractivity contribution < 1.29 is 18.4 Å². The van der Waals surface area contributed by atoms with Crippen LogP contribution in [-0.2, 0) is 18.4 Å². The van der Waals surface area contributed by atoms with Crippen molar-refractivity contribution in [1.29, 1.82) is 0 Å². The summed E-state index contributed by atoms with van der Waals surface area (Å²) in [6.45, 7) is 6.03. The van der Waals surface area contributed by atoms with Gasteiger partial charge in [-0.1, -0.05) is 64.4 Å². The summed E-state index contributed by atoms with van der Waals surface area (Å²) < 4.78 is 15.9. The Morgan fingerprint density at radius 3 is 1.74 bits per heavy atom. The minimum atomic E-state index is -1.84. The highest BCUT2D eigenvalue weighted by molar-refractivity contribution is 6.65. The zero-order valence-corrected chi connectivity index (χ0v) is 16.4. The van der Waals surface area contributed by atoms with E-state index in [9.17, 15) is 4.79 Å². The number of unbranched alkanes of at least 4 members (excludes halogenated alkanes) is 9. The number of carbonyl (C=O) groups excluding carboxylic acids is 1. The van der Waals surface area contributed by atoms with E-state index in [4.69, 9.17) is 13.6 Å². The topological polar surface area (TPSA) is 44.8 Å². The molecule has 0 saturated carbocycles. The predicted molar refractivity (Wildman–Crippen MR) is 97.8 cm³/mol. The van der Waals surface area contributed by atoms with Crippen molar-refractivity contribution in [2.24, 2.45) is 0 Å². The molecular weight excluding hydrogens is 308 g/mol. The van der Waals surface area contributed by atoms with Crippen LogP contribution in [0.1, 0.15) is 64.2 Å². The van der Waals surface area contributed by atoms with Gasteiger partial charge in [-0.25, -0.2) is 4.79 Å². The van der Waals surface area contributed by atoms with E-state index in [-0.39, 0.29) is 5.97 Å². The van der Waals surface area contributed by atoms with Crippen molar-refractivity contribution in [3.63, 3.8) is 0 Å². The van der Waals surface area contributed by atoms with Gasteiger partial charge in [0.05, 0.1) is 6.61 Å². The van der Waals surface area contributed by atoms with E-state index < -0.39 is 8.56 Å². The molecule has 0 aliphatic carbocycles. The molecule has 0 N–H and O–H groups in total. The van der Waals surface area contributed by atoms with E-state index in [1.54, 1.807) is 14.2 Å². The molecule has 5 heteroatoms. The van der Waals surface area contributed by atoms with Crippen LogP contribution in [0.3, 0.4) is 0 Å². The summed E-state index contributed by atoms with van der Waals surface area (Å²) in [7, 11) is 1.69. The monoisotopic (exact) mass is 344 g/mol. The zero-order chi connectivity index (χ0) is 17.4. The summed E-state index contributed by atoms with van der Waals surface area (Å²) in [6, 6.07) is 1.09. The molecule has 0 aromatic rings. The van der Waals surface area contributed by atoms with Gasteiger partial charge in [-0.2, -0.15) is 0 Å². The van der Waals surface area contributed by atoms with Crippen molar-refractivity contribution >= 4 is 14.5 Å². The Kier molecular flexibility index (Phi) is 14.5. The summed E-state index contributed by atoms with van der Waals surface area (Å²) in [5.41, 5.74) is 0. The summed E-state index contributed by atoms with van der Waals surface area (Å²) >= 11 is 0. The Labute approximate surface area is 143 Å². The molecule has 0 amide bonds. The van der Waals surface area contributed by atoms with E-state index >= 15 is 0 Å². The van der Waals surface area contributed by atoms with Gasteiger partial charge in [0.25, 0.3) is 0 Å². The maximum Gasteiger partial charge on any atom is 0.334 e. The Morgan fingerprint density at radius 2 is 1.30 bits per heavy atom. The van der Waals surface area contributed by atoms with Crippen molar-refractivity contribution in [2.45, 2.75) is 76.8 Å². The fraction of sp³-hybridized carbons (Fsp3) is 0.833. The van der Waals surface area contributed by atoms with Crippen molar-refractivity contribution in [1.82, 2.24) is 0 Å². The third kappa shape index (κ3) is 13.5. The van der Waals surface area contributed by atoms with E-state index in [0.717, 1.165) is 18.9 Å². The molecule has 0 spiro atoms. The largest absolute Gasteiger partial charge is 0.463 e. The Balaban J connectivity index is 3.22. The van der Waals surface area contributed by atoms with E-state index in [1.165, 1.54) is 57.4 Å². The van der Waals surface area contributed by atoms with Gasteiger partial charge < -0.3 is 13.6 Å². The SMILES string of the molecule is C=CC(=O)OCCCCCCCCCCCC[Si](C)(OC)OC. The molecule has 0 atom stereocenters. The number of ether oxygens (including phenoxy) is 1. The molecule has 0 rings (SSSR count). The molecule has 0 aromatic carbocycles. The van der Waals surface area contributed by atoms with Crippen LogP contribution in [0.25, 0.3) is 0 Å².